The van der Waals surface area contributed by atoms with E-state index in [9.17, 15) is 9.90 Å². The van der Waals surface area contributed by atoms with Crippen LogP contribution in [0.4, 0.5) is 4.79 Å². The third-order valence-electron chi connectivity index (χ3n) is 6.18. The van der Waals surface area contributed by atoms with Gasteiger partial charge in [0, 0.05) is 25.6 Å². The minimum Gasteiger partial charge on any atom is -0.448 e. The van der Waals surface area contributed by atoms with Gasteiger partial charge in [-0.1, -0.05) is 55.5 Å². The van der Waals surface area contributed by atoms with Gasteiger partial charge >= 0.3 is 6.09 Å². The van der Waals surface area contributed by atoms with E-state index in [1.807, 2.05) is 17.0 Å². The molecule has 0 saturated carbocycles. The van der Waals surface area contributed by atoms with Crippen molar-refractivity contribution in [1.82, 2.24) is 4.90 Å². The van der Waals surface area contributed by atoms with E-state index < -0.39 is 0 Å². The highest BCUT2D eigenvalue weighted by Crippen LogP contribution is 2.44. The van der Waals surface area contributed by atoms with Crippen molar-refractivity contribution in [3.05, 3.63) is 59.7 Å². The van der Waals surface area contributed by atoms with Crippen molar-refractivity contribution < 1.29 is 14.6 Å². The molecule has 27 heavy (non-hydrogen) atoms. The Bertz CT molecular complexity index is 773. The van der Waals surface area contributed by atoms with Crippen LogP contribution in [0, 0.1) is 11.8 Å². The number of carbonyl (C=O) groups is 1. The van der Waals surface area contributed by atoms with Gasteiger partial charge in [0.2, 0.25) is 0 Å². The highest BCUT2D eigenvalue weighted by atomic mass is 16.6. The van der Waals surface area contributed by atoms with Gasteiger partial charge in [0.05, 0.1) is 0 Å². The maximum atomic E-state index is 12.6. The summed E-state index contributed by atoms with van der Waals surface area (Å²) in [6.45, 7) is 4.17. The van der Waals surface area contributed by atoms with Gasteiger partial charge in [0.15, 0.2) is 0 Å². The van der Waals surface area contributed by atoms with E-state index >= 15 is 0 Å². The number of ether oxygens (including phenoxy) is 1. The predicted octanol–water partition coefficient (Wildman–Crippen LogP) is 4.28. The average Bonchev–Trinajstić information content (AvgIpc) is 3.02. The highest BCUT2D eigenvalue weighted by molar-refractivity contribution is 5.79. The van der Waals surface area contributed by atoms with E-state index in [1.165, 1.54) is 22.3 Å². The average molecular weight is 365 g/mol. The smallest absolute Gasteiger partial charge is 0.409 e. The fourth-order valence-corrected chi connectivity index (χ4v) is 4.64. The van der Waals surface area contributed by atoms with Gasteiger partial charge in [-0.3, -0.25) is 0 Å². The predicted molar refractivity (Wildman–Crippen MR) is 106 cm³/mol. The normalized spacial score (nSPS) is 21.6. The molecule has 142 valence electrons. The fourth-order valence-electron chi connectivity index (χ4n) is 4.64. The van der Waals surface area contributed by atoms with E-state index in [-0.39, 0.29) is 18.6 Å². The first kappa shape index (κ1) is 18.1. The molecular weight excluding hydrogens is 338 g/mol. The number of benzene rings is 2. The summed E-state index contributed by atoms with van der Waals surface area (Å²) in [5.74, 6) is 0.990. The molecule has 2 aromatic carbocycles. The highest BCUT2D eigenvalue weighted by Gasteiger charge is 2.32. The molecule has 0 radical (unpaired) electrons. The number of fused-ring (bicyclic) bond motifs is 3. The van der Waals surface area contributed by atoms with E-state index in [0.717, 1.165) is 12.8 Å². The van der Waals surface area contributed by atoms with Crippen molar-refractivity contribution >= 4 is 6.09 Å². The van der Waals surface area contributed by atoms with Gasteiger partial charge in [0.1, 0.15) is 6.61 Å². The summed E-state index contributed by atoms with van der Waals surface area (Å²) in [4.78, 5) is 14.5. The van der Waals surface area contributed by atoms with Crippen LogP contribution in [0.25, 0.3) is 11.1 Å². The van der Waals surface area contributed by atoms with Gasteiger partial charge < -0.3 is 14.7 Å². The Morgan fingerprint density at radius 1 is 1.11 bits per heavy atom. The minimum atomic E-state index is -0.217. The number of aliphatic hydroxyl groups is 1. The largest absolute Gasteiger partial charge is 0.448 e. The van der Waals surface area contributed by atoms with E-state index in [4.69, 9.17) is 4.74 Å². The van der Waals surface area contributed by atoms with Crippen molar-refractivity contribution in [2.75, 3.05) is 26.3 Å². The molecule has 1 heterocycles. The lowest BCUT2D eigenvalue weighted by atomic mass is 9.85. The van der Waals surface area contributed by atoms with E-state index in [0.29, 0.717) is 31.5 Å². The van der Waals surface area contributed by atoms with Crippen molar-refractivity contribution in [2.24, 2.45) is 11.8 Å². The minimum absolute atomic E-state index is 0.103. The van der Waals surface area contributed by atoms with Crippen molar-refractivity contribution in [3.63, 3.8) is 0 Å². The standard InChI is InChI=1S/C23H27NO3/c1-16-14-24(12-10-17(16)11-13-25)23(26)27-15-22-20-8-4-2-6-18(20)19-7-3-5-9-21(19)22/h2-9,16-17,22,25H,10-15H2,1H3/t16-,17+/m0/s1. The lowest BCUT2D eigenvalue weighted by Gasteiger charge is -2.36. The van der Waals surface area contributed by atoms with Crippen LogP contribution in [0.5, 0.6) is 0 Å². The van der Waals surface area contributed by atoms with Gasteiger partial charge in [0.25, 0.3) is 0 Å². The summed E-state index contributed by atoms with van der Waals surface area (Å²) < 4.78 is 5.76. The first-order valence-corrected chi connectivity index (χ1v) is 9.89. The number of amides is 1. The van der Waals surface area contributed by atoms with Crippen molar-refractivity contribution in [2.45, 2.75) is 25.7 Å². The Morgan fingerprint density at radius 2 is 1.74 bits per heavy atom. The van der Waals surface area contributed by atoms with Crippen LogP contribution in [-0.4, -0.2) is 42.4 Å². The van der Waals surface area contributed by atoms with Gasteiger partial charge in [-0.05, 0) is 46.9 Å². The molecule has 1 aliphatic carbocycles. The van der Waals surface area contributed by atoms with E-state index in [2.05, 4.69) is 43.3 Å². The zero-order valence-corrected chi connectivity index (χ0v) is 15.8. The van der Waals surface area contributed by atoms with Gasteiger partial charge in [-0.25, -0.2) is 4.79 Å². The SMILES string of the molecule is C[C@H]1CN(C(=O)OCC2c3ccccc3-c3ccccc32)CC[C@@H]1CCO. The first-order valence-electron chi connectivity index (χ1n) is 9.89. The number of nitrogens with zero attached hydrogens (tertiary/aromatic N) is 1. The van der Waals surface area contributed by atoms with Crippen molar-refractivity contribution in [3.8, 4) is 11.1 Å². The summed E-state index contributed by atoms with van der Waals surface area (Å²) >= 11 is 0. The van der Waals surface area contributed by atoms with E-state index in [1.54, 1.807) is 0 Å². The topological polar surface area (TPSA) is 49.8 Å². The summed E-state index contributed by atoms with van der Waals surface area (Å²) in [5, 5.41) is 9.17. The lowest BCUT2D eigenvalue weighted by molar-refractivity contribution is 0.0653. The number of hydrogen-bond donors (Lipinski definition) is 1. The Kier molecular flexibility index (Phi) is 5.17. The molecule has 1 amide bonds. The molecule has 1 fully saturated rings. The summed E-state index contributed by atoms with van der Waals surface area (Å²) in [7, 11) is 0. The van der Waals surface area contributed by atoms with Crippen LogP contribution in [-0.2, 0) is 4.74 Å². The van der Waals surface area contributed by atoms with Gasteiger partial charge in [-0.15, -0.1) is 0 Å². The molecule has 4 heteroatoms. The molecule has 4 nitrogen and oxygen atoms in total. The lowest BCUT2D eigenvalue weighted by Crippen LogP contribution is -2.43. The van der Waals surface area contributed by atoms with Crippen LogP contribution >= 0.6 is 0 Å². The quantitative estimate of drug-likeness (QED) is 0.880. The Morgan fingerprint density at radius 3 is 2.33 bits per heavy atom. The molecule has 1 aliphatic heterocycles. The zero-order chi connectivity index (χ0) is 18.8. The Labute approximate surface area is 160 Å². The maximum absolute atomic E-state index is 12.6. The number of carbonyl (C=O) groups excluding carboxylic acids is 1. The molecular formula is C23H27NO3. The van der Waals surface area contributed by atoms with Crippen LogP contribution in [0.1, 0.15) is 36.8 Å². The molecule has 2 aromatic rings. The van der Waals surface area contributed by atoms with Gasteiger partial charge in [-0.2, -0.15) is 0 Å². The summed E-state index contributed by atoms with van der Waals surface area (Å²) in [6, 6.07) is 16.8. The number of hydrogen-bond acceptors (Lipinski definition) is 3. The molecule has 2 atom stereocenters. The number of aliphatic hydroxyl groups excluding tert-OH is 1. The molecule has 0 spiro atoms. The number of likely N-dealkylation sites (tertiary alicyclic amines) is 1. The van der Waals surface area contributed by atoms with Crippen molar-refractivity contribution in [1.29, 1.82) is 0 Å². The first-order chi connectivity index (χ1) is 13.2. The third-order valence-corrected chi connectivity index (χ3v) is 6.18. The zero-order valence-electron chi connectivity index (χ0n) is 15.8. The summed E-state index contributed by atoms with van der Waals surface area (Å²) in [5.41, 5.74) is 4.96. The van der Waals surface area contributed by atoms with Crippen LogP contribution in [0.2, 0.25) is 0 Å². The summed E-state index contributed by atoms with van der Waals surface area (Å²) in [6.07, 6.45) is 1.54. The van der Waals surface area contributed by atoms with Crippen LogP contribution in [0.15, 0.2) is 48.5 Å². The second-order valence-corrected chi connectivity index (χ2v) is 7.79. The van der Waals surface area contributed by atoms with Crippen LogP contribution < -0.4 is 0 Å². The molecule has 4 rings (SSSR count). The number of piperidine rings is 1. The molecule has 2 aliphatic rings. The molecule has 0 unspecified atom stereocenters. The molecule has 0 bridgehead atoms. The fraction of sp³-hybridized carbons (Fsp3) is 0.435. The second-order valence-electron chi connectivity index (χ2n) is 7.79. The monoisotopic (exact) mass is 365 g/mol. The second kappa shape index (κ2) is 7.73. The Hall–Kier alpha value is -2.33. The third kappa shape index (κ3) is 3.46. The van der Waals surface area contributed by atoms with Crippen LogP contribution in [0.3, 0.4) is 0 Å². The molecule has 1 N–H and O–H groups in total. The molecule has 1 saturated heterocycles. The number of rotatable bonds is 4. The Balaban J connectivity index is 1.43. The molecule has 0 aromatic heterocycles. The maximum Gasteiger partial charge on any atom is 0.409 e.